The first-order valence-electron chi connectivity index (χ1n) is 6.12. The van der Waals surface area contributed by atoms with Crippen molar-refractivity contribution in [2.24, 2.45) is 11.8 Å². The summed E-state index contributed by atoms with van der Waals surface area (Å²) in [6.45, 7) is 8.02. The Morgan fingerprint density at radius 1 is 1.33 bits per heavy atom. The van der Waals surface area contributed by atoms with Gasteiger partial charge in [-0.3, -0.25) is 4.79 Å². The van der Waals surface area contributed by atoms with Crippen LogP contribution in [0.3, 0.4) is 0 Å². The zero-order valence-corrected chi connectivity index (χ0v) is 10.2. The van der Waals surface area contributed by atoms with Crippen LogP contribution in [-0.4, -0.2) is 25.0 Å². The minimum Gasteiger partial charge on any atom is -0.355 e. The van der Waals surface area contributed by atoms with Crippen LogP contribution in [0.1, 0.15) is 40.0 Å². The number of amides is 1. The highest BCUT2D eigenvalue weighted by Gasteiger charge is 2.29. The number of hydrogen-bond donors (Lipinski definition) is 2. The molecule has 2 N–H and O–H groups in total. The first kappa shape index (κ1) is 12.5. The van der Waals surface area contributed by atoms with E-state index in [1.54, 1.807) is 0 Å². The lowest BCUT2D eigenvalue weighted by Gasteiger charge is -2.15. The Labute approximate surface area is 93.0 Å². The van der Waals surface area contributed by atoms with Crippen LogP contribution in [0.2, 0.25) is 0 Å². The number of rotatable bonds is 5. The van der Waals surface area contributed by atoms with Crippen molar-refractivity contribution in [3.05, 3.63) is 0 Å². The summed E-state index contributed by atoms with van der Waals surface area (Å²) in [5, 5.41) is 6.30. The molecule has 1 aliphatic rings. The maximum absolute atomic E-state index is 11.8. The Hall–Kier alpha value is -0.570. The highest BCUT2D eigenvalue weighted by molar-refractivity contribution is 5.79. The summed E-state index contributed by atoms with van der Waals surface area (Å²) in [6, 6.07) is 0.493. The van der Waals surface area contributed by atoms with Crippen LogP contribution in [0.25, 0.3) is 0 Å². The highest BCUT2D eigenvalue weighted by Crippen LogP contribution is 2.30. The average molecular weight is 212 g/mol. The van der Waals surface area contributed by atoms with Crippen LogP contribution in [-0.2, 0) is 4.79 Å². The predicted molar refractivity (Wildman–Crippen MR) is 62.7 cm³/mol. The fourth-order valence-electron chi connectivity index (χ4n) is 2.21. The Bertz CT molecular complexity index is 204. The van der Waals surface area contributed by atoms with Crippen LogP contribution in [0, 0.1) is 11.8 Å². The van der Waals surface area contributed by atoms with Gasteiger partial charge in [0.15, 0.2) is 0 Å². The maximum Gasteiger partial charge on any atom is 0.223 e. The molecule has 3 nitrogen and oxygen atoms in total. The summed E-state index contributed by atoms with van der Waals surface area (Å²) in [4.78, 5) is 11.8. The second-order valence-electron chi connectivity index (χ2n) is 4.91. The predicted octanol–water partition coefficient (Wildman–Crippen LogP) is 1.54. The van der Waals surface area contributed by atoms with E-state index < -0.39 is 0 Å². The standard InChI is InChI=1S/C12H24N2O/c1-9(2)13-7-8-14-12(15)11-6-4-5-10(11)3/h9-11,13H,4-8H2,1-3H3,(H,14,15). The fourth-order valence-corrected chi connectivity index (χ4v) is 2.21. The summed E-state index contributed by atoms with van der Waals surface area (Å²) < 4.78 is 0. The summed E-state index contributed by atoms with van der Waals surface area (Å²) in [5.74, 6) is 1.10. The van der Waals surface area contributed by atoms with Crippen LogP contribution in [0.15, 0.2) is 0 Å². The topological polar surface area (TPSA) is 41.1 Å². The zero-order valence-electron chi connectivity index (χ0n) is 10.2. The van der Waals surface area contributed by atoms with Gasteiger partial charge >= 0.3 is 0 Å². The van der Waals surface area contributed by atoms with Crippen molar-refractivity contribution in [1.29, 1.82) is 0 Å². The van der Waals surface area contributed by atoms with Gasteiger partial charge in [-0.05, 0) is 18.8 Å². The molecular formula is C12H24N2O. The molecule has 0 aromatic rings. The van der Waals surface area contributed by atoms with Gasteiger partial charge in [0.05, 0.1) is 0 Å². The number of carbonyl (C=O) groups excluding carboxylic acids is 1. The summed E-state index contributed by atoms with van der Waals surface area (Å²) in [7, 11) is 0. The summed E-state index contributed by atoms with van der Waals surface area (Å²) >= 11 is 0. The maximum atomic E-state index is 11.8. The monoisotopic (exact) mass is 212 g/mol. The Kier molecular flexibility index (Phi) is 5.09. The first-order valence-corrected chi connectivity index (χ1v) is 6.12. The molecule has 15 heavy (non-hydrogen) atoms. The molecule has 0 aliphatic heterocycles. The first-order chi connectivity index (χ1) is 7.11. The van der Waals surface area contributed by atoms with Gasteiger partial charge in [-0.25, -0.2) is 0 Å². The molecule has 1 amide bonds. The van der Waals surface area contributed by atoms with Crippen molar-refractivity contribution >= 4 is 5.91 Å². The lowest BCUT2D eigenvalue weighted by Crippen LogP contribution is -2.38. The molecule has 0 aromatic heterocycles. The molecule has 0 aromatic carbocycles. The summed E-state index contributed by atoms with van der Waals surface area (Å²) in [6.07, 6.45) is 3.50. The lowest BCUT2D eigenvalue weighted by molar-refractivity contribution is -0.125. The highest BCUT2D eigenvalue weighted by atomic mass is 16.1. The number of hydrogen-bond acceptors (Lipinski definition) is 2. The molecule has 88 valence electrons. The third-order valence-electron chi connectivity index (χ3n) is 3.18. The average Bonchev–Trinajstić information content (AvgIpc) is 2.58. The van der Waals surface area contributed by atoms with Crippen molar-refractivity contribution in [1.82, 2.24) is 10.6 Å². The van der Waals surface area contributed by atoms with Gasteiger partial charge in [0.2, 0.25) is 5.91 Å². The molecule has 0 heterocycles. The quantitative estimate of drug-likeness (QED) is 0.679. The SMILES string of the molecule is CC(C)NCCNC(=O)C1CCCC1C. The van der Waals surface area contributed by atoms with Gasteiger partial charge in [-0.2, -0.15) is 0 Å². The van der Waals surface area contributed by atoms with E-state index >= 15 is 0 Å². The molecule has 0 bridgehead atoms. The third-order valence-corrected chi connectivity index (χ3v) is 3.18. The van der Waals surface area contributed by atoms with E-state index in [1.165, 1.54) is 12.8 Å². The van der Waals surface area contributed by atoms with Crippen molar-refractivity contribution in [2.75, 3.05) is 13.1 Å². The van der Waals surface area contributed by atoms with Crippen molar-refractivity contribution < 1.29 is 4.79 Å². The molecule has 2 atom stereocenters. The minimum absolute atomic E-state index is 0.255. The molecule has 3 heteroatoms. The van der Waals surface area contributed by atoms with Crippen molar-refractivity contribution in [3.63, 3.8) is 0 Å². The molecule has 0 saturated heterocycles. The molecule has 1 rings (SSSR count). The van der Waals surface area contributed by atoms with Gasteiger partial charge in [-0.1, -0.05) is 27.2 Å². The van der Waals surface area contributed by atoms with E-state index in [2.05, 4.69) is 31.4 Å². The second-order valence-corrected chi connectivity index (χ2v) is 4.91. The third kappa shape index (κ3) is 4.20. The van der Waals surface area contributed by atoms with Gasteiger partial charge in [0.1, 0.15) is 0 Å². The van der Waals surface area contributed by atoms with Crippen LogP contribution >= 0.6 is 0 Å². The van der Waals surface area contributed by atoms with E-state index in [0.29, 0.717) is 12.0 Å². The van der Waals surface area contributed by atoms with Gasteiger partial charge in [-0.15, -0.1) is 0 Å². The Morgan fingerprint density at radius 3 is 2.60 bits per heavy atom. The van der Waals surface area contributed by atoms with E-state index in [9.17, 15) is 4.79 Å². The molecule has 1 saturated carbocycles. The zero-order chi connectivity index (χ0) is 11.3. The Morgan fingerprint density at radius 2 is 2.07 bits per heavy atom. The van der Waals surface area contributed by atoms with Crippen molar-refractivity contribution in [3.8, 4) is 0 Å². The van der Waals surface area contributed by atoms with Gasteiger partial charge < -0.3 is 10.6 Å². The molecule has 2 unspecified atom stereocenters. The van der Waals surface area contributed by atoms with Crippen LogP contribution in [0.5, 0.6) is 0 Å². The smallest absolute Gasteiger partial charge is 0.223 e. The molecule has 1 fully saturated rings. The van der Waals surface area contributed by atoms with Crippen LogP contribution in [0.4, 0.5) is 0 Å². The van der Waals surface area contributed by atoms with Gasteiger partial charge in [0.25, 0.3) is 0 Å². The van der Waals surface area contributed by atoms with Crippen LogP contribution < -0.4 is 10.6 Å². The summed E-state index contributed by atoms with van der Waals surface area (Å²) in [5.41, 5.74) is 0. The lowest BCUT2D eigenvalue weighted by atomic mass is 9.97. The molecule has 0 radical (unpaired) electrons. The fraction of sp³-hybridized carbons (Fsp3) is 0.917. The number of nitrogens with one attached hydrogen (secondary N) is 2. The molecule has 0 spiro atoms. The largest absolute Gasteiger partial charge is 0.355 e. The minimum atomic E-state index is 0.255. The number of carbonyl (C=O) groups is 1. The molecular weight excluding hydrogens is 188 g/mol. The van der Waals surface area contributed by atoms with Gasteiger partial charge in [0, 0.05) is 25.0 Å². The Balaban J connectivity index is 2.13. The second kappa shape index (κ2) is 6.11. The van der Waals surface area contributed by atoms with E-state index in [4.69, 9.17) is 0 Å². The normalized spacial score (nSPS) is 25.9. The van der Waals surface area contributed by atoms with Crippen molar-refractivity contribution in [2.45, 2.75) is 46.1 Å². The van der Waals surface area contributed by atoms with E-state index in [1.807, 2.05) is 0 Å². The molecule has 1 aliphatic carbocycles. The van der Waals surface area contributed by atoms with E-state index in [0.717, 1.165) is 19.5 Å². The van der Waals surface area contributed by atoms with E-state index in [-0.39, 0.29) is 11.8 Å².